The van der Waals surface area contributed by atoms with Crippen LogP contribution in [-0.4, -0.2) is 29.1 Å². The number of carbonyl (C=O) groups is 1. The van der Waals surface area contributed by atoms with E-state index in [9.17, 15) is 9.90 Å². The van der Waals surface area contributed by atoms with Gasteiger partial charge in [-0.15, -0.1) is 0 Å². The van der Waals surface area contributed by atoms with Crippen molar-refractivity contribution in [3.8, 4) is 0 Å². The van der Waals surface area contributed by atoms with Gasteiger partial charge in [-0.2, -0.15) is 0 Å². The van der Waals surface area contributed by atoms with Crippen molar-refractivity contribution in [1.82, 2.24) is 4.90 Å². The second kappa shape index (κ2) is 6.20. The van der Waals surface area contributed by atoms with Gasteiger partial charge in [-0.25, -0.2) is 0 Å². The minimum absolute atomic E-state index is 0.124. The molecule has 0 bridgehead atoms. The van der Waals surface area contributed by atoms with E-state index in [0.717, 1.165) is 24.2 Å². The molecule has 0 saturated heterocycles. The fourth-order valence-electron chi connectivity index (χ4n) is 3.01. The molecule has 1 atom stereocenters. The summed E-state index contributed by atoms with van der Waals surface area (Å²) < 4.78 is 0. The third kappa shape index (κ3) is 3.35. The highest BCUT2D eigenvalue weighted by Gasteiger charge is 2.35. The van der Waals surface area contributed by atoms with Gasteiger partial charge in [0.2, 0.25) is 0 Å². The summed E-state index contributed by atoms with van der Waals surface area (Å²) in [6.07, 6.45) is 0.124. The van der Waals surface area contributed by atoms with Crippen LogP contribution in [0, 0.1) is 13.8 Å². The van der Waals surface area contributed by atoms with Crippen molar-refractivity contribution in [2.75, 3.05) is 13.1 Å². The highest BCUT2D eigenvalue weighted by molar-refractivity contribution is 5.69. The molecule has 1 aromatic carbocycles. The Labute approximate surface area is 116 Å². The van der Waals surface area contributed by atoms with E-state index in [4.69, 9.17) is 0 Å². The summed E-state index contributed by atoms with van der Waals surface area (Å²) in [5.41, 5.74) is 3.03. The third-order valence-electron chi connectivity index (χ3n) is 3.92. The average Bonchev–Trinajstić information content (AvgIpc) is 2.28. The molecule has 0 radical (unpaired) electrons. The van der Waals surface area contributed by atoms with Crippen molar-refractivity contribution in [3.63, 3.8) is 0 Å². The zero-order chi connectivity index (χ0) is 14.6. The van der Waals surface area contributed by atoms with E-state index in [1.165, 1.54) is 5.56 Å². The molecular weight excluding hydrogens is 238 g/mol. The molecule has 1 aromatic rings. The Morgan fingerprint density at radius 3 is 2.26 bits per heavy atom. The first kappa shape index (κ1) is 15.7. The van der Waals surface area contributed by atoms with Crippen molar-refractivity contribution in [1.29, 1.82) is 0 Å². The van der Waals surface area contributed by atoms with Gasteiger partial charge in [0.15, 0.2) is 0 Å². The zero-order valence-corrected chi connectivity index (χ0v) is 12.7. The van der Waals surface area contributed by atoms with Crippen LogP contribution in [0.1, 0.15) is 43.9 Å². The number of hydrogen-bond acceptors (Lipinski definition) is 2. The van der Waals surface area contributed by atoms with Gasteiger partial charge in [0.25, 0.3) is 0 Å². The van der Waals surface area contributed by atoms with Crippen molar-refractivity contribution < 1.29 is 9.90 Å². The quantitative estimate of drug-likeness (QED) is 0.855. The maximum Gasteiger partial charge on any atom is 0.305 e. The Kier molecular flexibility index (Phi) is 5.12. The summed E-state index contributed by atoms with van der Waals surface area (Å²) in [5, 5.41) is 9.27. The predicted molar refractivity (Wildman–Crippen MR) is 78.4 cm³/mol. The smallest absolute Gasteiger partial charge is 0.305 e. The largest absolute Gasteiger partial charge is 0.481 e. The van der Waals surface area contributed by atoms with Crippen LogP contribution >= 0.6 is 0 Å². The minimum atomic E-state index is -0.755. The molecule has 0 aromatic heterocycles. The summed E-state index contributed by atoms with van der Waals surface area (Å²) in [5.74, 6) is -0.755. The van der Waals surface area contributed by atoms with Gasteiger partial charge in [0, 0.05) is 0 Å². The number of aryl methyl sites for hydroxylation is 2. The maximum atomic E-state index is 11.3. The van der Waals surface area contributed by atoms with Gasteiger partial charge in [0.05, 0.1) is 12.0 Å². The molecule has 0 heterocycles. The molecule has 1 unspecified atom stereocenters. The van der Waals surface area contributed by atoms with Crippen LogP contribution in [0.3, 0.4) is 0 Å². The number of hydrogen-bond donors (Lipinski definition) is 1. The number of aliphatic carboxylic acids is 1. The first-order valence-corrected chi connectivity index (χ1v) is 6.89. The molecule has 0 amide bonds. The average molecular weight is 263 g/mol. The Bertz CT molecular complexity index is 452. The van der Waals surface area contributed by atoms with Gasteiger partial charge in [-0.05, 0) is 45.0 Å². The number of carboxylic acid groups (broad SMARTS) is 1. The normalized spacial score (nSPS) is 14.4. The summed E-state index contributed by atoms with van der Waals surface area (Å²) in [7, 11) is 0. The second-order valence-electron chi connectivity index (χ2n) is 5.34. The number of carboxylic acids is 1. The van der Waals surface area contributed by atoms with E-state index in [2.05, 4.69) is 50.8 Å². The summed E-state index contributed by atoms with van der Waals surface area (Å²) in [6.45, 7) is 12.0. The van der Waals surface area contributed by atoms with E-state index >= 15 is 0 Å². The van der Waals surface area contributed by atoms with Gasteiger partial charge in [-0.1, -0.05) is 37.6 Å². The molecule has 0 aliphatic rings. The van der Waals surface area contributed by atoms with Crippen molar-refractivity contribution in [2.45, 2.75) is 46.6 Å². The van der Waals surface area contributed by atoms with Crippen LogP contribution in [0.5, 0.6) is 0 Å². The lowest BCUT2D eigenvalue weighted by Gasteiger charge is -2.41. The molecule has 0 aliphatic heterocycles. The van der Waals surface area contributed by atoms with E-state index in [1.807, 2.05) is 6.92 Å². The Morgan fingerprint density at radius 1 is 1.26 bits per heavy atom. The molecular formula is C16H25NO2. The predicted octanol–water partition coefficient (Wildman–Crippen LogP) is 3.34. The SMILES string of the molecule is CCN(CC)C(C)(CC(=O)O)c1ccc(C)cc1C. The molecule has 1 N–H and O–H groups in total. The van der Waals surface area contributed by atoms with Gasteiger partial charge in [-0.3, -0.25) is 9.69 Å². The number of benzene rings is 1. The third-order valence-corrected chi connectivity index (χ3v) is 3.92. The van der Waals surface area contributed by atoms with Crippen molar-refractivity contribution >= 4 is 5.97 Å². The molecule has 106 valence electrons. The number of nitrogens with zero attached hydrogens (tertiary/aromatic N) is 1. The van der Waals surface area contributed by atoms with Crippen LogP contribution < -0.4 is 0 Å². The lowest BCUT2D eigenvalue weighted by molar-refractivity contribution is -0.140. The highest BCUT2D eigenvalue weighted by Crippen LogP contribution is 2.34. The molecule has 19 heavy (non-hydrogen) atoms. The van der Waals surface area contributed by atoms with Crippen LogP contribution in [0.15, 0.2) is 18.2 Å². The van der Waals surface area contributed by atoms with Crippen molar-refractivity contribution in [2.24, 2.45) is 0 Å². The monoisotopic (exact) mass is 263 g/mol. The number of rotatable bonds is 6. The first-order valence-electron chi connectivity index (χ1n) is 6.89. The van der Waals surface area contributed by atoms with Crippen LogP contribution in [-0.2, 0) is 10.3 Å². The first-order chi connectivity index (χ1) is 8.85. The van der Waals surface area contributed by atoms with Gasteiger partial charge in [0.1, 0.15) is 0 Å². The topological polar surface area (TPSA) is 40.5 Å². The van der Waals surface area contributed by atoms with Crippen LogP contribution in [0.2, 0.25) is 0 Å². The maximum absolute atomic E-state index is 11.3. The summed E-state index contributed by atoms with van der Waals surface area (Å²) in [6, 6.07) is 6.26. The summed E-state index contributed by atoms with van der Waals surface area (Å²) in [4.78, 5) is 13.5. The van der Waals surface area contributed by atoms with E-state index in [1.54, 1.807) is 0 Å². The lowest BCUT2D eigenvalue weighted by Crippen LogP contribution is -2.45. The van der Waals surface area contributed by atoms with Gasteiger partial charge >= 0.3 is 5.97 Å². The van der Waals surface area contributed by atoms with Crippen LogP contribution in [0.4, 0.5) is 0 Å². The molecule has 0 aliphatic carbocycles. The summed E-state index contributed by atoms with van der Waals surface area (Å²) >= 11 is 0. The standard InChI is InChI=1S/C16H25NO2/c1-6-17(7-2)16(5,11-15(18)19)14-9-8-12(3)10-13(14)4/h8-10H,6-7,11H2,1-5H3,(H,18,19). The Balaban J connectivity index is 3.33. The highest BCUT2D eigenvalue weighted by atomic mass is 16.4. The molecule has 3 heteroatoms. The molecule has 3 nitrogen and oxygen atoms in total. The van der Waals surface area contributed by atoms with Crippen LogP contribution in [0.25, 0.3) is 0 Å². The minimum Gasteiger partial charge on any atom is -0.481 e. The molecule has 0 spiro atoms. The lowest BCUT2D eigenvalue weighted by atomic mass is 9.83. The zero-order valence-electron chi connectivity index (χ0n) is 12.7. The Hall–Kier alpha value is -1.35. The fraction of sp³-hybridized carbons (Fsp3) is 0.562. The molecule has 1 rings (SSSR count). The molecule has 0 saturated carbocycles. The second-order valence-corrected chi connectivity index (χ2v) is 5.34. The molecule has 0 fully saturated rings. The Morgan fingerprint density at radius 2 is 1.84 bits per heavy atom. The van der Waals surface area contributed by atoms with E-state index in [-0.39, 0.29) is 6.42 Å². The van der Waals surface area contributed by atoms with E-state index < -0.39 is 11.5 Å². The van der Waals surface area contributed by atoms with Gasteiger partial charge < -0.3 is 5.11 Å². The van der Waals surface area contributed by atoms with E-state index in [0.29, 0.717) is 0 Å². The fourth-order valence-corrected chi connectivity index (χ4v) is 3.01. The van der Waals surface area contributed by atoms with Crippen molar-refractivity contribution in [3.05, 3.63) is 34.9 Å².